The first-order valence-electron chi connectivity index (χ1n) is 7.72. The minimum Gasteiger partial charge on any atom is -0.438 e. The van der Waals surface area contributed by atoms with E-state index < -0.39 is 5.41 Å². The van der Waals surface area contributed by atoms with Crippen LogP contribution in [0.3, 0.4) is 0 Å². The van der Waals surface area contributed by atoms with Crippen molar-refractivity contribution in [1.82, 2.24) is 0 Å². The Morgan fingerprint density at radius 1 is 1.00 bits per heavy atom. The van der Waals surface area contributed by atoms with Crippen molar-refractivity contribution in [3.8, 4) is 0 Å². The van der Waals surface area contributed by atoms with Crippen LogP contribution < -0.4 is 0 Å². The maximum absolute atomic E-state index is 11.7. The van der Waals surface area contributed by atoms with Gasteiger partial charge in [0, 0.05) is 0 Å². The fraction of sp³-hybridized carbons (Fsp3) is 0.938. The highest BCUT2D eigenvalue weighted by atomic mass is 16.7. The molecule has 0 amide bonds. The number of hydrogen-bond donors (Lipinski definition) is 0. The molecule has 0 N–H and O–H groups in total. The average Bonchev–Trinajstić information content (AvgIpc) is 2.30. The number of esters is 1. The number of carbonyl (C=O) groups excluding carboxylic acids is 1. The van der Waals surface area contributed by atoms with E-state index in [2.05, 4.69) is 0 Å². The maximum atomic E-state index is 11.7. The molecule has 4 aliphatic rings. The monoisotopic (exact) mass is 266 g/mol. The van der Waals surface area contributed by atoms with Gasteiger partial charge >= 0.3 is 5.97 Å². The largest absolute Gasteiger partial charge is 0.438 e. The third-order valence-corrected chi connectivity index (χ3v) is 5.20. The van der Waals surface area contributed by atoms with Crippen LogP contribution in [-0.4, -0.2) is 18.9 Å². The van der Waals surface area contributed by atoms with E-state index in [1.807, 2.05) is 20.8 Å². The van der Waals surface area contributed by atoms with Gasteiger partial charge in [0.25, 0.3) is 0 Å². The van der Waals surface area contributed by atoms with E-state index in [4.69, 9.17) is 9.47 Å². The van der Waals surface area contributed by atoms with Crippen molar-refractivity contribution >= 4 is 5.97 Å². The Hall–Kier alpha value is -0.570. The third kappa shape index (κ3) is 2.67. The molecule has 0 spiro atoms. The summed E-state index contributed by atoms with van der Waals surface area (Å²) in [6.45, 7) is 5.76. The second kappa shape index (κ2) is 4.76. The molecule has 4 aliphatic carbocycles. The van der Waals surface area contributed by atoms with Gasteiger partial charge in [-0.3, -0.25) is 4.79 Å². The molecule has 108 valence electrons. The van der Waals surface area contributed by atoms with Gasteiger partial charge in [0.15, 0.2) is 6.79 Å². The van der Waals surface area contributed by atoms with Gasteiger partial charge < -0.3 is 9.47 Å². The van der Waals surface area contributed by atoms with Gasteiger partial charge in [0.1, 0.15) is 0 Å². The zero-order chi connectivity index (χ0) is 13.6. The standard InChI is InChI=1S/C16H26O3/c1-16(2,3)15(17)19-9-18-14-12-5-10-4-11(7-12)8-13(14)6-10/h10-14H,4-9H2,1-3H3. The van der Waals surface area contributed by atoms with Gasteiger partial charge in [-0.1, -0.05) is 0 Å². The van der Waals surface area contributed by atoms with Gasteiger partial charge in [-0.15, -0.1) is 0 Å². The van der Waals surface area contributed by atoms with Crippen molar-refractivity contribution in [1.29, 1.82) is 0 Å². The van der Waals surface area contributed by atoms with Gasteiger partial charge in [0.2, 0.25) is 0 Å². The van der Waals surface area contributed by atoms with E-state index in [1.54, 1.807) is 0 Å². The lowest BCUT2D eigenvalue weighted by Crippen LogP contribution is -2.49. The summed E-state index contributed by atoms with van der Waals surface area (Å²) >= 11 is 0. The first kappa shape index (κ1) is 13.4. The Balaban J connectivity index is 1.50. The molecular formula is C16H26O3. The zero-order valence-corrected chi connectivity index (χ0v) is 12.4. The molecule has 4 saturated carbocycles. The van der Waals surface area contributed by atoms with Crippen LogP contribution in [0.5, 0.6) is 0 Å². The molecule has 0 heterocycles. The minimum absolute atomic E-state index is 0.142. The lowest BCUT2D eigenvalue weighted by atomic mass is 9.55. The summed E-state index contributed by atoms with van der Waals surface area (Å²) in [6.07, 6.45) is 7.16. The van der Waals surface area contributed by atoms with Crippen LogP contribution >= 0.6 is 0 Å². The summed E-state index contributed by atoms with van der Waals surface area (Å²) < 4.78 is 11.2. The molecule has 0 radical (unpaired) electrons. The third-order valence-electron chi connectivity index (χ3n) is 5.20. The molecule has 19 heavy (non-hydrogen) atoms. The van der Waals surface area contributed by atoms with Crippen LogP contribution in [0.2, 0.25) is 0 Å². The molecule has 0 aromatic rings. The van der Waals surface area contributed by atoms with Gasteiger partial charge in [-0.2, -0.15) is 0 Å². The van der Waals surface area contributed by atoms with E-state index >= 15 is 0 Å². The van der Waals surface area contributed by atoms with Crippen LogP contribution in [0.1, 0.15) is 52.9 Å². The maximum Gasteiger partial charge on any atom is 0.313 e. The summed E-state index contributed by atoms with van der Waals surface area (Å²) in [5.74, 6) is 3.20. The van der Waals surface area contributed by atoms with Crippen molar-refractivity contribution < 1.29 is 14.3 Å². The smallest absolute Gasteiger partial charge is 0.313 e. The molecule has 4 bridgehead atoms. The summed E-state index contributed by atoms with van der Waals surface area (Å²) in [5.41, 5.74) is -0.437. The first-order chi connectivity index (χ1) is 8.93. The Kier molecular flexibility index (Phi) is 3.36. The number of hydrogen-bond acceptors (Lipinski definition) is 3. The molecular weight excluding hydrogens is 240 g/mol. The fourth-order valence-corrected chi connectivity index (χ4v) is 4.53. The molecule has 0 aromatic carbocycles. The number of rotatable bonds is 3. The second-order valence-electron chi connectivity index (χ2n) is 7.86. The molecule has 0 saturated heterocycles. The lowest BCUT2D eigenvalue weighted by molar-refractivity contribution is -0.192. The fourth-order valence-electron chi connectivity index (χ4n) is 4.53. The molecule has 3 nitrogen and oxygen atoms in total. The van der Waals surface area contributed by atoms with Gasteiger partial charge in [-0.05, 0) is 76.5 Å². The molecule has 4 fully saturated rings. The molecule has 0 aliphatic heterocycles. The molecule has 4 rings (SSSR count). The quantitative estimate of drug-likeness (QED) is 0.580. The van der Waals surface area contributed by atoms with Crippen LogP contribution in [0.4, 0.5) is 0 Å². The van der Waals surface area contributed by atoms with Gasteiger partial charge in [-0.25, -0.2) is 0 Å². The molecule has 0 unspecified atom stereocenters. The van der Waals surface area contributed by atoms with E-state index in [9.17, 15) is 4.79 Å². The second-order valence-corrected chi connectivity index (χ2v) is 7.86. The van der Waals surface area contributed by atoms with Crippen molar-refractivity contribution in [2.24, 2.45) is 29.1 Å². The van der Waals surface area contributed by atoms with E-state index in [-0.39, 0.29) is 12.8 Å². The highest BCUT2D eigenvalue weighted by molar-refractivity contribution is 5.75. The zero-order valence-electron chi connectivity index (χ0n) is 12.4. The summed E-state index contributed by atoms with van der Waals surface area (Å²) in [6, 6.07) is 0. The first-order valence-corrected chi connectivity index (χ1v) is 7.72. The Bertz CT molecular complexity index is 327. The number of carbonyl (C=O) groups is 1. The van der Waals surface area contributed by atoms with E-state index in [0.29, 0.717) is 6.10 Å². The summed E-state index contributed by atoms with van der Waals surface area (Å²) in [5, 5.41) is 0. The SMILES string of the molecule is CC(C)(C)C(=O)OCOC1C2CC3CC(C2)CC1C3. The average molecular weight is 266 g/mol. The molecule has 0 atom stereocenters. The summed E-state index contributed by atoms with van der Waals surface area (Å²) in [4.78, 5) is 11.7. The van der Waals surface area contributed by atoms with Crippen molar-refractivity contribution in [2.75, 3.05) is 6.79 Å². The predicted molar refractivity (Wildman–Crippen MR) is 72.3 cm³/mol. The predicted octanol–water partition coefficient (Wildman–Crippen LogP) is 3.37. The van der Waals surface area contributed by atoms with Crippen LogP contribution in [0.25, 0.3) is 0 Å². The van der Waals surface area contributed by atoms with Crippen LogP contribution in [0.15, 0.2) is 0 Å². The minimum atomic E-state index is -0.437. The van der Waals surface area contributed by atoms with Crippen molar-refractivity contribution in [3.63, 3.8) is 0 Å². The van der Waals surface area contributed by atoms with E-state index in [1.165, 1.54) is 32.1 Å². The highest BCUT2D eigenvalue weighted by Gasteiger charge is 2.48. The Morgan fingerprint density at radius 2 is 1.53 bits per heavy atom. The lowest BCUT2D eigenvalue weighted by Gasteiger charge is -2.53. The Morgan fingerprint density at radius 3 is 2.00 bits per heavy atom. The topological polar surface area (TPSA) is 35.5 Å². The molecule has 3 heteroatoms. The van der Waals surface area contributed by atoms with Crippen molar-refractivity contribution in [2.45, 2.75) is 59.0 Å². The normalized spacial score (nSPS) is 40.5. The van der Waals surface area contributed by atoms with Crippen LogP contribution in [-0.2, 0) is 14.3 Å². The van der Waals surface area contributed by atoms with E-state index in [0.717, 1.165) is 23.7 Å². The van der Waals surface area contributed by atoms with Crippen LogP contribution in [0, 0.1) is 29.1 Å². The van der Waals surface area contributed by atoms with Gasteiger partial charge in [0.05, 0.1) is 11.5 Å². The Labute approximate surface area is 116 Å². The molecule has 0 aromatic heterocycles. The summed E-state index contributed by atoms with van der Waals surface area (Å²) in [7, 11) is 0. The number of ether oxygens (including phenoxy) is 2. The highest BCUT2D eigenvalue weighted by Crippen LogP contribution is 2.54. The van der Waals surface area contributed by atoms with Crippen molar-refractivity contribution in [3.05, 3.63) is 0 Å².